The smallest absolute Gasteiger partial charge is 0.247 e. The zero-order valence-electron chi connectivity index (χ0n) is 26.9. The summed E-state index contributed by atoms with van der Waals surface area (Å²) in [4.78, 5) is 28.6. The predicted molar refractivity (Wildman–Crippen MR) is 186 cm³/mol. The van der Waals surface area contributed by atoms with Gasteiger partial charge in [-0.15, -0.1) is 0 Å². The van der Waals surface area contributed by atoms with Crippen molar-refractivity contribution >= 4 is 46.2 Å². The molecule has 3 aromatic rings. The van der Waals surface area contributed by atoms with Crippen molar-refractivity contribution in [3.8, 4) is 5.75 Å². The molecule has 0 radical (unpaired) electrons. The first-order valence-electron chi connectivity index (χ1n) is 15.8. The number of hydrogen-bond donors (Lipinski definition) is 4. The third-order valence-electron chi connectivity index (χ3n) is 8.93. The lowest BCUT2D eigenvalue weighted by atomic mass is 10.0. The number of halogens is 1. The lowest BCUT2D eigenvalue weighted by molar-refractivity contribution is -0.111. The van der Waals surface area contributed by atoms with Gasteiger partial charge in [0.05, 0.1) is 30.2 Å². The SMILES string of the molecule is C=CC(=O)Nc1cc(Nc2cc(N[C@H](CCO)c3cccc(Cl)c3)ncn2)c(OC)cc1N1CCC(N2CCC(N(C)C)C2)CC1. The standard InChI is InChI=1S/C34H45ClN8O3/c1-5-34(45)40-28-18-29(39-33-20-32(36-22-37-33)38-27(12-16-44)23-7-6-8-24(35)17-23)31(46-4)19-30(28)42-13-9-25(10-14-42)43-15-11-26(21-43)41(2)3/h5-8,17-20,22,25-27,44H,1,9-16,21H2,2-4H3,(H,40,45)(H2,36,37,38,39)/t26?,27-/m1/s1. The Bertz CT molecular complexity index is 1500. The largest absolute Gasteiger partial charge is 0.494 e. The molecule has 0 bridgehead atoms. The minimum atomic E-state index is -0.288. The average Bonchev–Trinajstić information content (AvgIpc) is 3.56. The molecule has 2 aromatic carbocycles. The first kappa shape index (κ1) is 33.5. The van der Waals surface area contributed by atoms with E-state index in [4.69, 9.17) is 16.3 Å². The van der Waals surface area contributed by atoms with Gasteiger partial charge in [-0.2, -0.15) is 0 Å². The third kappa shape index (κ3) is 8.27. The first-order valence-corrected chi connectivity index (χ1v) is 16.2. The van der Waals surface area contributed by atoms with Crippen molar-refractivity contribution in [3.63, 3.8) is 0 Å². The number of aromatic nitrogens is 2. The van der Waals surface area contributed by atoms with Crippen LogP contribution in [-0.2, 0) is 4.79 Å². The van der Waals surface area contributed by atoms with Gasteiger partial charge in [0.25, 0.3) is 0 Å². The number of nitrogens with zero attached hydrogens (tertiary/aromatic N) is 5. The van der Waals surface area contributed by atoms with Crippen LogP contribution in [0.15, 0.2) is 61.4 Å². The molecular formula is C34H45ClN8O3. The van der Waals surface area contributed by atoms with E-state index in [2.05, 4.69) is 61.3 Å². The van der Waals surface area contributed by atoms with E-state index in [1.165, 1.54) is 18.8 Å². The Morgan fingerprint density at radius 2 is 1.91 bits per heavy atom. The fourth-order valence-electron chi connectivity index (χ4n) is 6.37. The first-order chi connectivity index (χ1) is 22.3. The fourth-order valence-corrected chi connectivity index (χ4v) is 6.57. The van der Waals surface area contributed by atoms with Gasteiger partial charge in [-0.05, 0) is 69.6 Å². The van der Waals surface area contributed by atoms with Crippen molar-refractivity contribution in [1.29, 1.82) is 0 Å². The molecule has 246 valence electrons. The highest BCUT2D eigenvalue weighted by Gasteiger charge is 2.32. The van der Waals surface area contributed by atoms with Crippen molar-refractivity contribution in [2.75, 3.05) is 74.8 Å². The number of piperidine rings is 1. The van der Waals surface area contributed by atoms with Crippen molar-refractivity contribution in [1.82, 2.24) is 19.8 Å². The highest BCUT2D eigenvalue weighted by Crippen LogP contribution is 2.40. The summed E-state index contributed by atoms with van der Waals surface area (Å²) < 4.78 is 5.83. The average molecular weight is 649 g/mol. The van der Waals surface area contributed by atoms with E-state index in [9.17, 15) is 9.90 Å². The van der Waals surface area contributed by atoms with Gasteiger partial charge in [-0.25, -0.2) is 9.97 Å². The molecule has 46 heavy (non-hydrogen) atoms. The number of likely N-dealkylation sites (N-methyl/N-ethyl adjacent to an activating group) is 1. The number of aliphatic hydroxyl groups excluding tert-OH is 1. The Morgan fingerprint density at radius 3 is 2.59 bits per heavy atom. The van der Waals surface area contributed by atoms with Crippen molar-refractivity contribution in [3.05, 3.63) is 72.0 Å². The number of amides is 1. The van der Waals surface area contributed by atoms with Crippen LogP contribution in [0.4, 0.5) is 28.7 Å². The van der Waals surface area contributed by atoms with E-state index in [1.807, 2.05) is 36.4 Å². The molecule has 12 heteroatoms. The number of carbonyl (C=O) groups excluding carboxylic acids is 1. The molecule has 0 aliphatic carbocycles. The predicted octanol–water partition coefficient (Wildman–Crippen LogP) is 5.15. The number of nitrogens with one attached hydrogen (secondary N) is 3. The number of ether oxygens (including phenoxy) is 1. The van der Waals surface area contributed by atoms with Crippen LogP contribution in [0.3, 0.4) is 0 Å². The van der Waals surface area contributed by atoms with E-state index in [0.29, 0.717) is 52.3 Å². The van der Waals surface area contributed by atoms with Crippen LogP contribution >= 0.6 is 11.6 Å². The maximum atomic E-state index is 12.5. The normalized spacial score (nSPS) is 18.0. The van der Waals surface area contributed by atoms with Crippen molar-refractivity contribution < 1.29 is 14.6 Å². The molecule has 2 aliphatic rings. The monoisotopic (exact) mass is 648 g/mol. The summed E-state index contributed by atoms with van der Waals surface area (Å²) in [6.07, 6.45) is 6.53. The third-order valence-corrected chi connectivity index (χ3v) is 9.16. The molecule has 1 unspecified atom stereocenters. The van der Waals surface area contributed by atoms with Gasteiger partial charge >= 0.3 is 0 Å². The number of anilines is 5. The Balaban J connectivity index is 1.34. The van der Waals surface area contributed by atoms with Gasteiger partial charge in [0.2, 0.25) is 5.91 Å². The van der Waals surface area contributed by atoms with Gasteiger partial charge < -0.3 is 35.6 Å². The van der Waals surface area contributed by atoms with Crippen molar-refractivity contribution in [2.45, 2.75) is 43.8 Å². The molecule has 0 spiro atoms. The van der Waals surface area contributed by atoms with Crippen LogP contribution in [0.1, 0.15) is 37.3 Å². The van der Waals surface area contributed by atoms with Crippen LogP contribution in [-0.4, -0.2) is 96.9 Å². The molecule has 2 fully saturated rings. The number of benzene rings is 2. The topological polar surface area (TPSA) is 118 Å². The van der Waals surface area contributed by atoms with Gasteiger partial charge in [-0.1, -0.05) is 30.3 Å². The summed E-state index contributed by atoms with van der Waals surface area (Å²) in [5, 5.41) is 20.0. The van der Waals surface area contributed by atoms with Crippen LogP contribution < -0.4 is 25.6 Å². The minimum absolute atomic E-state index is 0.00399. The highest BCUT2D eigenvalue weighted by molar-refractivity contribution is 6.30. The molecule has 5 rings (SSSR count). The summed E-state index contributed by atoms with van der Waals surface area (Å²) in [6, 6.07) is 14.1. The van der Waals surface area contributed by atoms with E-state index in [1.54, 1.807) is 13.2 Å². The molecule has 0 saturated carbocycles. The van der Waals surface area contributed by atoms with Crippen LogP contribution in [0.2, 0.25) is 5.02 Å². The van der Waals surface area contributed by atoms with Crippen LogP contribution in [0, 0.1) is 0 Å². The number of hydrogen-bond acceptors (Lipinski definition) is 10. The second kappa shape index (κ2) is 15.6. The summed E-state index contributed by atoms with van der Waals surface area (Å²) in [5.74, 6) is 1.43. The van der Waals surface area contributed by atoms with Crippen molar-refractivity contribution in [2.24, 2.45) is 0 Å². The molecule has 1 amide bonds. The molecular weight excluding hydrogens is 604 g/mol. The van der Waals surface area contributed by atoms with Gasteiger partial charge in [0.15, 0.2) is 0 Å². The Hall–Kier alpha value is -3.90. The van der Waals surface area contributed by atoms with Gasteiger partial charge in [0, 0.05) is 62.0 Å². The van der Waals surface area contributed by atoms with E-state index >= 15 is 0 Å². The maximum Gasteiger partial charge on any atom is 0.247 e. The van der Waals surface area contributed by atoms with Gasteiger partial charge in [-0.3, -0.25) is 9.69 Å². The quantitative estimate of drug-likeness (QED) is 0.185. The van der Waals surface area contributed by atoms with E-state index in [0.717, 1.165) is 50.3 Å². The lowest BCUT2D eigenvalue weighted by Gasteiger charge is -2.39. The highest BCUT2D eigenvalue weighted by atomic mass is 35.5. The molecule has 1 aromatic heterocycles. The second-order valence-electron chi connectivity index (χ2n) is 12.1. The molecule has 11 nitrogen and oxygen atoms in total. The zero-order valence-corrected chi connectivity index (χ0v) is 27.6. The number of carbonyl (C=O) groups is 1. The van der Waals surface area contributed by atoms with E-state index < -0.39 is 0 Å². The zero-order chi connectivity index (χ0) is 32.6. The number of methoxy groups -OCH3 is 1. The molecule has 3 heterocycles. The Labute approximate surface area is 276 Å². The number of aliphatic hydroxyl groups is 1. The van der Waals surface area contributed by atoms with Crippen LogP contribution in [0.5, 0.6) is 5.75 Å². The van der Waals surface area contributed by atoms with Crippen LogP contribution in [0.25, 0.3) is 0 Å². The van der Waals surface area contributed by atoms with E-state index in [-0.39, 0.29) is 18.6 Å². The molecule has 2 saturated heterocycles. The lowest BCUT2D eigenvalue weighted by Crippen LogP contribution is -2.45. The second-order valence-corrected chi connectivity index (χ2v) is 12.5. The molecule has 2 atom stereocenters. The summed E-state index contributed by atoms with van der Waals surface area (Å²) in [6.45, 7) is 7.66. The molecule has 4 N–H and O–H groups in total. The summed E-state index contributed by atoms with van der Waals surface area (Å²) in [7, 11) is 5.96. The Morgan fingerprint density at radius 1 is 1.13 bits per heavy atom. The number of rotatable bonds is 13. The Kier molecular flexibility index (Phi) is 11.3. The molecule has 2 aliphatic heterocycles. The minimum Gasteiger partial charge on any atom is -0.494 e. The maximum absolute atomic E-state index is 12.5. The fraction of sp³-hybridized carbons (Fsp3) is 0.441. The number of likely N-dealkylation sites (tertiary alicyclic amines) is 1. The summed E-state index contributed by atoms with van der Waals surface area (Å²) in [5.41, 5.74) is 3.15. The van der Waals surface area contributed by atoms with Gasteiger partial charge in [0.1, 0.15) is 23.7 Å². The summed E-state index contributed by atoms with van der Waals surface area (Å²) >= 11 is 6.22.